The number of thioether (sulfide) groups is 1. The number of likely N-dealkylation sites (tertiary alicyclic amines) is 1. The van der Waals surface area contributed by atoms with Gasteiger partial charge in [-0.2, -0.15) is 0 Å². The maximum absolute atomic E-state index is 12.8. The molecule has 1 saturated heterocycles. The fourth-order valence-electron chi connectivity index (χ4n) is 3.71. The zero-order valence-corrected chi connectivity index (χ0v) is 18.0. The third-order valence-electron chi connectivity index (χ3n) is 5.31. The van der Waals surface area contributed by atoms with Crippen LogP contribution in [0.3, 0.4) is 0 Å². The van der Waals surface area contributed by atoms with E-state index in [1.807, 2.05) is 45.9 Å². The Labute approximate surface area is 180 Å². The molecule has 3 heterocycles. The first kappa shape index (κ1) is 20.4. The number of carbonyl (C=O) groups is 1. The highest BCUT2D eigenvalue weighted by Crippen LogP contribution is 2.29. The largest absolute Gasteiger partial charge is 0.497 e. The van der Waals surface area contributed by atoms with Crippen molar-refractivity contribution >= 4 is 17.7 Å². The van der Waals surface area contributed by atoms with E-state index in [-0.39, 0.29) is 5.91 Å². The van der Waals surface area contributed by atoms with Crippen LogP contribution in [0.15, 0.2) is 53.9 Å². The summed E-state index contributed by atoms with van der Waals surface area (Å²) in [5.41, 5.74) is 1.73. The molecule has 2 aromatic heterocycles. The number of piperidine rings is 1. The molecule has 0 saturated carbocycles. The molecule has 30 heavy (non-hydrogen) atoms. The minimum absolute atomic E-state index is 0.148. The van der Waals surface area contributed by atoms with Crippen LogP contribution in [0.2, 0.25) is 0 Å². The van der Waals surface area contributed by atoms with Gasteiger partial charge in [0, 0.05) is 36.6 Å². The second kappa shape index (κ2) is 9.30. The summed E-state index contributed by atoms with van der Waals surface area (Å²) in [4.78, 5) is 19.0. The predicted octanol–water partition coefficient (Wildman–Crippen LogP) is 3.83. The van der Waals surface area contributed by atoms with E-state index in [0.717, 1.165) is 36.4 Å². The number of methoxy groups -OCH3 is 1. The van der Waals surface area contributed by atoms with E-state index in [4.69, 9.17) is 4.74 Å². The fourth-order valence-corrected chi connectivity index (χ4v) is 4.54. The zero-order chi connectivity index (χ0) is 20.9. The molecule has 8 heteroatoms. The molecule has 1 aliphatic heterocycles. The number of aromatic nitrogens is 4. The number of pyridine rings is 1. The van der Waals surface area contributed by atoms with Gasteiger partial charge >= 0.3 is 0 Å². The van der Waals surface area contributed by atoms with Gasteiger partial charge in [0.25, 0.3) is 0 Å². The fraction of sp³-hybridized carbons (Fsp3) is 0.364. The van der Waals surface area contributed by atoms with E-state index in [1.165, 1.54) is 18.2 Å². The molecule has 3 aromatic rings. The molecule has 0 bridgehead atoms. The van der Waals surface area contributed by atoms with Crippen LogP contribution >= 0.6 is 11.8 Å². The zero-order valence-electron chi connectivity index (χ0n) is 17.2. The lowest BCUT2D eigenvalue weighted by Crippen LogP contribution is -2.42. The molecule has 4 rings (SSSR count). The molecule has 0 radical (unpaired) electrons. The minimum Gasteiger partial charge on any atom is -0.497 e. The molecule has 7 nitrogen and oxygen atoms in total. The first-order chi connectivity index (χ1) is 14.7. The third kappa shape index (κ3) is 4.33. The van der Waals surface area contributed by atoms with Crippen molar-refractivity contribution < 1.29 is 9.53 Å². The Morgan fingerprint density at radius 1 is 1.23 bits per heavy atom. The molecule has 0 unspecified atom stereocenters. The number of hydrogen-bond acceptors (Lipinski definition) is 6. The molecule has 1 aromatic carbocycles. The summed E-state index contributed by atoms with van der Waals surface area (Å²) in [5, 5.41) is 9.47. The van der Waals surface area contributed by atoms with E-state index in [9.17, 15) is 4.79 Å². The predicted molar refractivity (Wildman–Crippen MR) is 117 cm³/mol. The van der Waals surface area contributed by atoms with Gasteiger partial charge in [0.1, 0.15) is 5.75 Å². The Morgan fingerprint density at radius 2 is 2.13 bits per heavy atom. The second-order valence-corrected chi connectivity index (χ2v) is 8.25. The quantitative estimate of drug-likeness (QED) is 0.561. The van der Waals surface area contributed by atoms with Crippen LogP contribution in [0, 0.1) is 0 Å². The van der Waals surface area contributed by atoms with Crippen molar-refractivity contribution in [2.75, 3.05) is 19.4 Å². The highest BCUT2D eigenvalue weighted by atomic mass is 32.2. The van der Waals surface area contributed by atoms with E-state index in [1.54, 1.807) is 19.5 Å². The Bertz CT molecular complexity index is 1010. The summed E-state index contributed by atoms with van der Waals surface area (Å²) in [6.07, 6.45) is 6.82. The van der Waals surface area contributed by atoms with Crippen LogP contribution < -0.4 is 4.74 Å². The number of ether oxygens (including phenoxy) is 1. The van der Waals surface area contributed by atoms with E-state index < -0.39 is 0 Å². The van der Waals surface area contributed by atoms with Crippen LogP contribution in [0.4, 0.5) is 0 Å². The first-order valence-electron chi connectivity index (χ1n) is 10.1. The van der Waals surface area contributed by atoms with Crippen molar-refractivity contribution in [3.05, 3.63) is 48.8 Å². The molecule has 0 spiro atoms. The summed E-state index contributed by atoms with van der Waals surface area (Å²) in [6.45, 7) is 2.96. The normalized spacial score (nSPS) is 16.5. The Kier molecular flexibility index (Phi) is 6.32. The standard InChI is InChI=1S/C22H25N5O2S/c1-16-7-3-4-12-26(16)20(28)15-30-22-25-24-21(17-8-6-11-23-14-17)27(22)18-9-5-10-19(13-18)29-2/h5-6,8-11,13-14,16H,3-4,7,12,15H2,1-2H3/t16-/m0/s1. The number of benzene rings is 1. The van der Waals surface area contributed by atoms with Crippen LogP contribution in [-0.4, -0.2) is 56.0 Å². The Morgan fingerprint density at radius 3 is 2.90 bits per heavy atom. The van der Waals surface area contributed by atoms with Gasteiger partial charge in [0.05, 0.1) is 18.6 Å². The maximum Gasteiger partial charge on any atom is 0.233 e. The summed E-state index contributed by atoms with van der Waals surface area (Å²) in [7, 11) is 1.64. The number of hydrogen-bond donors (Lipinski definition) is 0. The van der Waals surface area contributed by atoms with Crippen molar-refractivity contribution in [2.45, 2.75) is 37.4 Å². The van der Waals surface area contributed by atoms with E-state index in [2.05, 4.69) is 22.1 Å². The van der Waals surface area contributed by atoms with Crippen molar-refractivity contribution in [3.8, 4) is 22.8 Å². The lowest BCUT2D eigenvalue weighted by molar-refractivity contribution is -0.131. The van der Waals surface area contributed by atoms with Crippen LogP contribution in [0.1, 0.15) is 26.2 Å². The molecular formula is C22H25N5O2S. The number of carbonyl (C=O) groups excluding carboxylic acids is 1. The van der Waals surface area contributed by atoms with Gasteiger partial charge in [-0.15, -0.1) is 10.2 Å². The van der Waals surface area contributed by atoms with Crippen LogP contribution in [-0.2, 0) is 4.79 Å². The van der Waals surface area contributed by atoms with Gasteiger partial charge in [-0.25, -0.2) is 0 Å². The molecule has 1 aliphatic rings. The van der Waals surface area contributed by atoms with Crippen LogP contribution in [0.25, 0.3) is 17.1 Å². The molecule has 1 fully saturated rings. The molecule has 1 atom stereocenters. The van der Waals surface area contributed by atoms with Gasteiger partial charge < -0.3 is 9.64 Å². The van der Waals surface area contributed by atoms with Crippen LogP contribution in [0.5, 0.6) is 5.75 Å². The average Bonchev–Trinajstić information content (AvgIpc) is 3.22. The van der Waals surface area contributed by atoms with Gasteiger partial charge in [-0.1, -0.05) is 17.8 Å². The van der Waals surface area contributed by atoms with Gasteiger partial charge in [-0.3, -0.25) is 14.3 Å². The third-order valence-corrected chi connectivity index (χ3v) is 6.23. The minimum atomic E-state index is 0.148. The number of rotatable bonds is 6. The first-order valence-corrected chi connectivity index (χ1v) is 11.1. The van der Waals surface area contributed by atoms with Crippen molar-refractivity contribution in [1.82, 2.24) is 24.6 Å². The summed E-state index contributed by atoms with van der Waals surface area (Å²) in [6, 6.07) is 11.8. The highest BCUT2D eigenvalue weighted by molar-refractivity contribution is 7.99. The van der Waals surface area contributed by atoms with Gasteiger partial charge in [-0.05, 0) is 50.5 Å². The SMILES string of the molecule is COc1cccc(-n2c(SCC(=O)N3CCCC[C@@H]3C)nnc2-c2cccnc2)c1. The molecular weight excluding hydrogens is 398 g/mol. The maximum atomic E-state index is 12.8. The molecule has 1 amide bonds. The number of amides is 1. The Balaban J connectivity index is 1.64. The van der Waals surface area contributed by atoms with Crippen molar-refractivity contribution in [3.63, 3.8) is 0 Å². The average molecular weight is 424 g/mol. The highest BCUT2D eigenvalue weighted by Gasteiger charge is 2.24. The molecule has 0 N–H and O–H groups in total. The second-order valence-electron chi connectivity index (χ2n) is 7.31. The lowest BCUT2D eigenvalue weighted by Gasteiger charge is -2.33. The Hall–Kier alpha value is -2.87. The summed E-state index contributed by atoms with van der Waals surface area (Å²) in [5.74, 6) is 1.90. The summed E-state index contributed by atoms with van der Waals surface area (Å²) >= 11 is 1.41. The van der Waals surface area contributed by atoms with E-state index in [0.29, 0.717) is 22.8 Å². The summed E-state index contributed by atoms with van der Waals surface area (Å²) < 4.78 is 7.35. The lowest BCUT2D eigenvalue weighted by atomic mass is 10.0. The van der Waals surface area contributed by atoms with Crippen molar-refractivity contribution in [2.24, 2.45) is 0 Å². The van der Waals surface area contributed by atoms with Gasteiger partial charge in [0.15, 0.2) is 11.0 Å². The van der Waals surface area contributed by atoms with E-state index >= 15 is 0 Å². The number of nitrogens with zero attached hydrogens (tertiary/aromatic N) is 5. The molecule has 156 valence electrons. The van der Waals surface area contributed by atoms with Crippen molar-refractivity contribution in [1.29, 1.82) is 0 Å². The topological polar surface area (TPSA) is 73.1 Å². The monoisotopic (exact) mass is 423 g/mol. The van der Waals surface area contributed by atoms with Gasteiger partial charge in [0.2, 0.25) is 5.91 Å². The smallest absolute Gasteiger partial charge is 0.233 e. The molecule has 0 aliphatic carbocycles.